The van der Waals surface area contributed by atoms with E-state index in [0.717, 1.165) is 23.5 Å². The highest BCUT2D eigenvalue weighted by molar-refractivity contribution is 5.69. The molecule has 108 valence electrons. The lowest BCUT2D eigenvalue weighted by molar-refractivity contribution is -0.677. The number of benzene rings is 1. The second-order valence-corrected chi connectivity index (χ2v) is 5.22. The number of H-pyrrole nitrogens is 1. The van der Waals surface area contributed by atoms with Crippen molar-refractivity contribution in [2.75, 3.05) is 5.73 Å². The van der Waals surface area contributed by atoms with E-state index in [4.69, 9.17) is 5.73 Å². The highest BCUT2D eigenvalue weighted by atomic mass is 15.0. The van der Waals surface area contributed by atoms with Crippen LogP contribution in [-0.2, 0) is 6.54 Å². The van der Waals surface area contributed by atoms with E-state index in [9.17, 15) is 5.26 Å². The highest BCUT2D eigenvalue weighted by Gasteiger charge is 2.20. The molecule has 4 heteroatoms. The molecular weight excluding hydrogens is 272 g/mol. The Balaban J connectivity index is 2.08. The fourth-order valence-corrected chi connectivity index (χ4v) is 2.64. The van der Waals surface area contributed by atoms with Gasteiger partial charge in [-0.3, -0.25) is 0 Å². The maximum absolute atomic E-state index is 9.21. The van der Waals surface area contributed by atoms with Gasteiger partial charge in [0.25, 0.3) is 0 Å². The van der Waals surface area contributed by atoms with Gasteiger partial charge in [0, 0.05) is 23.3 Å². The van der Waals surface area contributed by atoms with Gasteiger partial charge in [-0.25, -0.2) is 0 Å². The minimum atomic E-state index is 0.421. The summed E-state index contributed by atoms with van der Waals surface area (Å²) in [6.45, 7) is 2.68. The Bertz CT molecular complexity index is 841. The number of rotatable bonds is 3. The second-order valence-electron chi connectivity index (χ2n) is 5.22. The summed E-state index contributed by atoms with van der Waals surface area (Å²) in [6, 6.07) is 18.4. The predicted molar refractivity (Wildman–Crippen MR) is 85.8 cm³/mol. The third kappa shape index (κ3) is 2.45. The number of nitrogens with zero attached hydrogens (tertiary/aromatic N) is 2. The molecule has 0 unspecified atom stereocenters. The van der Waals surface area contributed by atoms with Gasteiger partial charge >= 0.3 is 0 Å². The van der Waals surface area contributed by atoms with E-state index >= 15 is 0 Å². The number of pyridine rings is 1. The van der Waals surface area contributed by atoms with E-state index in [1.165, 1.54) is 5.56 Å². The summed E-state index contributed by atoms with van der Waals surface area (Å²) in [5.74, 6) is 0.421. The molecule has 0 aliphatic carbocycles. The molecule has 3 rings (SSSR count). The minimum Gasteiger partial charge on any atom is -0.384 e. The van der Waals surface area contributed by atoms with Crippen LogP contribution in [0.4, 0.5) is 5.82 Å². The van der Waals surface area contributed by atoms with Crippen molar-refractivity contribution in [3.63, 3.8) is 0 Å². The third-order valence-electron chi connectivity index (χ3n) is 3.78. The Morgan fingerprint density at radius 1 is 1.14 bits per heavy atom. The lowest BCUT2D eigenvalue weighted by atomic mass is 10.1. The summed E-state index contributed by atoms with van der Waals surface area (Å²) in [5.41, 5.74) is 10.4. The summed E-state index contributed by atoms with van der Waals surface area (Å²) in [4.78, 5) is 3.14. The van der Waals surface area contributed by atoms with E-state index in [1.54, 1.807) is 0 Å². The molecule has 1 aromatic carbocycles. The second kappa shape index (κ2) is 5.74. The van der Waals surface area contributed by atoms with Crippen LogP contribution in [0.2, 0.25) is 0 Å². The summed E-state index contributed by atoms with van der Waals surface area (Å²) >= 11 is 0. The number of hydrogen-bond acceptors (Lipinski definition) is 2. The van der Waals surface area contributed by atoms with E-state index < -0.39 is 0 Å². The van der Waals surface area contributed by atoms with Gasteiger partial charge in [0.1, 0.15) is 17.6 Å². The Labute approximate surface area is 129 Å². The molecule has 3 N–H and O–H groups in total. The summed E-state index contributed by atoms with van der Waals surface area (Å²) in [6.07, 6.45) is 2.03. The molecule has 2 heterocycles. The van der Waals surface area contributed by atoms with Crippen LogP contribution in [0, 0.1) is 18.3 Å². The first kappa shape index (κ1) is 13.9. The average Bonchev–Trinajstić information content (AvgIpc) is 2.83. The van der Waals surface area contributed by atoms with Crippen LogP contribution >= 0.6 is 0 Å². The first-order chi connectivity index (χ1) is 10.7. The number of aromatic nitrogens is 2. The largest absolute Gasteiger partial charge is 0.384 e. The molecular formula is C18H17N4+. The summed E-state index contributed by atoms with van der Waals surface area (Å²) < 4.78 is 2.15. The van der Waals surface area contributed by atoms with Crippen LogP contribution < -0.4 is 10.3 Å². The SMILES string of the molecule is Cc1c(-c2cccc[n+]2Cc2ccccc2)[nH]c(N)c1C#N. The first-order valence-electron chi connectivity index (χ1n) is 7.11. The number of aromatic amines is 1. The van der Waals surface area contributed by atoms with E-state index in [-0.39, 0.29) is 0 Å². The molecule has 0 spiro atoms. The minimum absolute atomic E-state index is 0.421. The molecule has 2 aromatic heterocycles. The maximum Gasteiger partial charge on any atom is 0.229 e. The number of hydrogen-bond donors (Lipinski definition) is 2. The Kier molecular flexibility index (Phi) is 3.63. The molecule has 4 nitrogen and oxygen atoms in total. The van der Waals surface area contributed by atoms with Crippen molar-refractivity contribution in [3.05, 3.63) is 71.4 Å². The van der Waals surface area contributed by atoms with Gasteiger partial charge in [-0.1, -0.05) is 30.3 Å². The van der Waals surface area contributed by atoms with Gasteiger partial charge in [0.2, 0.25) is 5.69 Å². The fraction of sp³-hybridized carbons (Fsp3) is 0.111. The van der Waals surface area contributed by atoms with E-state index in [1.807, 2.05) is 49.5 Å². The first-order valence-corrected chi connectivity index (χ1v) is 7.11. The van der Waals surface area contributed by atoms with Crippen LogP contribution in [0.1, 0.15) is 16.7 Å². The van der Waals surface area contributed by atoms with Crippen molar-refractivity contribution in [2.24, 2.45) is 0 Å². The number of nitrogens with one attached hydrogen (secondary N) is 1. The normalized spacial score (nSPS) is 10.4. The van der Waals surface area contributed by atoms with Gasteiger partial charge in [-0.2, -0.15) is 9.83 Å². The van der Waals surface area contributed by atoms with Gasteiger partial charge in [0.15, 0.2) is 12.7 Å². The van der Waals surface area contributed by atoms with Crippen LogP contribution in [0.5, 0.6) is 0 Å². The summed E-state index contributed by atoms with van der Waals surface area (Å²) in [7, 11) is 0. The highest BCUT2D eigenvalue weighted by Crippen LogP contribution is 2.26. The standard InChI is InChI=1S/C18H16N4/c1-13-15(11-19)18(20)21-17(13)16-9-5-6-10-22(16)12-14-7-3-2-4-8-14/h2-10H,12H2,1H3,(H2,20,21)/p+1. The van der Waals surface area contributed by atoms with Crippen molar-refractivity contribution in [2.45, 2.75) is 13.5 Å². The molecule has 0 fully saturated rings. The van der Waals surface area contributed by atoms with Crippen LogP contribution in [0.25, 0.3) is 11.4 Å². The molecule has 0 amide bonds. The Morgan fingerprint density at radius 2 is 1.86 bits per heavy atom. The Morgan fingerprint density at radius 3 is 2.55 bits per heavy atom. The lowest BCUT2D eigenvalue weighted by Crippen LogP contribution is -2.36. The monoisotopic (exact) mass is 289 g/mol. The number of anilines is 1. The molecule has 0 radical (unpaired) electrons. The van der Waals surface area contributed by atoms with Crippen molar-refractivity contribution in [1.29, 1.82) is 5.26 Å². The number of nitrogens with two attached hydrogens (primary N) is 1. The third-order valence-corrected chi connectivity index (χ3v) is 3.78. The molecule has 0 saturated carbocycles. The zero-order chi connectivity index (χ0) is 15.5. The zero-order valence-corrected chi connectivity index (χ0v) is 12.4. The predicted octanol–water partition coefficient (Wildman–Crippen LogP) is 2.78. The Hall–Kier alpha value is -3.06. The zero-order valence-electron chi connectivity index (χ0n) is 12.4. The van der Waals surface area contributed by atoms with Crippen molar-refractivity contribution >= 4 is 5.82 Å². The molecule has 0 saturated heterocycles. The fourth-order valence-electron chi connectivity index (χ4n) is 2.64. The topological polar surface area (TPSA) is 69.5 Å². The van der Waals surface area contributed by atoms with Crippen molar-refractivity contribution in [1.82, 2.24) is 4.98 Å². The van der Waals surface area contributed by atoms with Crippen LogP contribution in [-0.4, -0.2) is 4.98 Å². The molecule has 0 bridgehead atoms. The van der Waals surface area contributed by atoms with E-state index in [0.29, 0.717) is 11.4 Å². The van der Waals surface area contributed by atoms with Gasteiger partial charge in [0.05, 0.1) is 5.56 Å². The molecule has 0 aliphatic heterocycles. The molecule has 0 aliphatic rings. The quantitative estimate of drug-likeness (QED) is 0.728. The molecule has 22 heavy (non-hydrogen) atoms. The van der Waals surface area contributed by atoms with Gasteiger partial charge in [-0.05, 0) is 13.0 Å². The van der Waals surface area contributed by atoms with Gasteiger partial charge < -0.3 is 10.7 Å². The number of nitrogen functional groups attached to an aromatic ring is 1. The molecule has 3 aromatic rings. The smallest absolute Gasteiger partial charge is 0.229 e. The van der Waals surface area contributed by atoms with E-state index in [2.05, 4.69) is 27.8 Å². The maximum atomic E-state index is 9.21. The van der Waals surface area contributed by atoms with Crippen LogP contribution in [0.3, 0.4) is 0 Å². The van der Waals surface area contributed by atoms with Crippen molar-refractivity contribution < 1.29 is 4.57 Å². The number of nitriles is 1. The van der Waals surface area contributed by atoms with Crippen LogP contribution in [0.15, 0.2) is 54.7 Å². The van der Waals surface area contributed by atoms with Gasteiger partial charge in [-0.15, -0.1) is 0 Å². The summed E-state index contributed by atoms with van der Waals surface area (Å²) in [5, 5.41) is 9.21. The average molecular weight is 289 g/mol. The lowest BCUT2D eigenvalue weighted by Gasteiger charge is -2.04. The molecule has 0 atom stereocenters. The van der Waals surface area contributed by atoms with Crippen molar-refractivity contribution in [3.8, 4) is 17.5 Å².